The maximum absolute atomic E-state index is 9.84. The molecule has 1 heterocycles. The number of nitrogens with one attached hydrogen (secondary N) is 1. The Morgan fingerprint density at radius 2 is 2.29 bits per heavy atom. The van der Waals surface area contributed by atoms with Crippen LogP contribution in [0.3, 0.4) is 0 Å². The third-order valence-electron chi connectivity index (χ3n) is 3.66. The summed E-state index contributed by atoms with van der Waals surface area (Å²) in [7, 11) is 0. The quantitative estimate of drug-likeness (QED) is 0.687. The van der Waals surface area contributed by atoms with E-state index in [-0.39, 0.29) is 0 Å². The van der Waals surface area contributed by atoms with Gasteiger partial charge < -0.3 is 19.9 Å². The number of hydrogen-bond acceptors (Lipinski definition) is 4. The number of halogens is 1. The second-order valence-corrected chi connectivity index (χ2v) is 5.89. The van der Waals surface area contributed by atoms with E-state index in [0.29, 0.717) is 30.7 Å². The van der Waals surface area contributed by atoms with Crippen molar-refractivity contribution < 1.29 is 14.6 Å². The fourth-order valence-electron chi connectivity index (χ4n) is 2.37. The molecule has 0 bridgehead atoms. The van der Waals surface area contributed by atoms with Gasteiger partial charge in [-0.05, 0) is 36.9 Å². The van der Waals surface area contributed by atoms with Crippen molar-refractivity contribution in [3.05, 3.63) is 34.9 Å². The highest BCUT2D eigenvalue weighted by molar-refractivity contribution is 6.31. The zero-order valence-electron chi connectivity index (χ0n) is 12.3. The summed E-state index contributed by atoms with van der Waals surface area (Å²) in [5.41, 5.74) is 0.945. The van der Waals surface area contributed by atoms with Crippen LogP contribution in [0.4, 0.5) is 0 Å². The predicted molar refractivity (Wildman–Crippen MR) is 83.5 cm³/mol. The molecule has 1 fully saturated rings. The van der Waals surface area contributed by atoms with Crippen molar-refractivity contribution in [3.8, 4) is 0 Å². The van der Waals surface area contributed by atoms with E-state index in [1.807, 2.05) is 24.3 Å². The normalized spacial score (nSPS) is 19.8. The Morgan fingerprint density at radius 1 is 1.43 bits per heavy atom. The van der Waals surface area contributed by atoms with E-state index < -0.39 is 6.10 Å². The molecule has 5 heteroatoms. The number of rotatable bonds is 9. The molecular weight excluding hydrogens is 290 g/mol. The van der Waals surface area contributed by atoms with Gasteiger partial charge in [0.2, 0.25) is 0 Å². The number of hydrogen-bond donors (Lipinski definition) is 2. The Kier molecular flexibility index (Phi) is 7.47. The summed E-state index contributed by atoms with van der Waals surface area (Å²) >= 11 is 6.04. The fraction of sp³-hybridized carbons (Fsp3) is 0.625. The Bertz CT molecular complexity index is 410. The van der Waals surface area contributed by atoms with Gasteiger partial charge in [-0.1, -0.05) is 29.8 Å². The molecule has 0 amide bonds. The van der Waals surface area contributed by atoms with Gasteiger partial charge in [0.1, 0.15) is 0 Å². The fourth-order valence-corrected chi connectivity index (χ4v) is 2.56. The van der Waals surface area contributed by atoms with Crippen LogP contribution >= 0.6 is 11.6 Å². The van der Waals surface area contributed by atoms with Gasteiger partial charge in [-0.2, -0.15) is 0 Å². The minimum atomic E-state index is -0.493. The molecule has 0 aliphatic carbocycles. The van der Waals surface area contributed by atoms with Gasteiger partial charge in [-0.3, -0.25) is 0 Å². The van der Waals surface area contributed by atoms with E-state index >= 15 is 0 Å². The van der Waals surface area contributed by atoms with Crippen molar-refractivity contribution >= 4 is 11.6 Å². The Labute approximate surface area is 131 Å². The van der Waals surface area contributed by atoms with E-state index in [2.05, 4.69) is 5.32 Å². The summed E-state index contributed by atoms with van der Waals surface area (Å²) in [6.45, 7) is 3.97. The topological polar surface area (TPSA) is 50.7 Å². The van der Waals surface area contributed by atoms with Crippen LogP contribution in [0.15, 0.2) is 24.3 Å². The zero-order valence-corrected chi connectivity index (χ0v) is 13.0. The molecule has 1 aliphatic rings. The molecule has 0 spiro atoms. The third-order valence-corrected chi connectivity index (χ3v) is 4.03. The highest BCUT2D eigenvalue weighted by atomic mass is 35.5. The van der Waals surface area contributed by atoms with Gasteiger partial charge in [0.15, 0.2) is 0 Å². The molecule has 1 aromatic rings. The van der Waals surface area contributed by atoms with Crippen molar-refractivity contribution in [1.29, 1.82) is 0 Å². The van der Waals surface area contributed by atoms with Crippen molar-refractivity contribution in [2.45, 2.75) is 25.6 Å². The standard InChI is InChI=1S/C16H24ClNO3/c17-16-4-2-1-3-14(16)11-21-12-15(19)9-18-7-5-13-6-8-20-10-13/h1-4,13,15,18-19H,5-12H2. The Balaban J connectivity index is 1.51. The maximum Gasteiger partial charge on any atom is 0.0897 e. The molecule has 1 aliphatic heterocycles. The second-order valence-electron chi connectivity index (χ2n) is 5.48. The lowest BCUT2D eigenvalue weighted by atomic mass is 10.1. The molecular formula is C16H24ClNO3. The molecule has 0 radical (unpaired) electrons. The highest BCUT2D eigenvalue weighted by Gasteiger charge is 2.14. The maximum atomic E-state index is 9.84. The van der Waals surface area contributed by atoms with Crippen LogP contribution in [-0.2, 0) is 16.1 Å². The molecule has 4 nitrogen and oxygen atoms in total. The summed E-state index contributed by atoms with van der Waals surface area (Å²) in [6, 6.07) is 7.58. The van der Waals surface area contributed by atoms with Crippen LogP contribution < -0.4 is 5.32 Å². The number of aliphatic hydroxyl groups excluding tert-OH is 1. The first kappa shape index (κ1) is 16.7. The average molecular weight is 314 g/mol. The SMILES string of the molecule is OC(CNCCC1CCOC1)COCc1ccccc1Cl. The molecule has 1 aromatic carbocycles. The van der Waals surface area contributed by atoms with Gasteiger partial charge in [0.05, 0.1) is 19.3 Å². The largest absolute Gasteiger partial charge is 0.389 e. The molecule has 2 rings (SSSR count). The van der Waals surface area contributed by atoms with Gasteiger partial charge in [0.25, 0.3) is 0 Å². The van der Waals surface area contributed by atoms with Crippen LogP contribution in [0.5, 0.6) is 0 Å². The number of ether oxygens (including phenoxy) is 2. The Hall–Kier alpha value is -0.650. The van der Waals surface area contributed by atoms with E-state index in [0.717, 1.165) is 38.2 Å². The number of benzene rings is 1. The molecule has 2 N–H and O–H groups in total. The smallest absolute Gasteiger partial charge is 0.0897 e. The van der Waals surface area contributed by atoms with Crippen LogP contribution in [0, 0.1) is 5.92 Å². The third kappa shape index (κ3) is 6.32. The van der Waals surface area contributed by atoms with E-state index in [9.17, 15) is 5.11 Å². The first-order valence-corrected chi connectivity index (χ1v) is 7.91. The molecule has 118 valence electrons. The van der Waals surface area contributed by atoms with Crippen LogP contribution in [0.1, 0.15) is 18.4 Å². The lowest BCUT2D eigenvalue weighted by Crippen LogP contribution is -2.31. The Morgan fingerprint density at radius 3 is 3.05 bits per heavy atom. The van der Waals surface area contributed by atoms with Crippen molar-refractivity contribution in [1.82, 2.24) is 5.32 Å². The first-order chi connectivity index (χ1) is 10.3. The molecule has 0 aromatic heterocycles. The highest BCUT2D eigenvalue weighted by Crippen LogP contribution is 2.16. The van der Waals surface area contributed by atoms with Gasteiger partial charge in [-0.25, -0.2) is 0 Å². The van der Waals surface area contributed by atoms with Crippen LogP contribution in [0.2, 0.25) is 5.02 Å². The van der Waals surface area contributed by atoms with Crippen molar-refractivity contribution in [3.63, 3.8) is 0 Å². The van der Waals surface area contributed by atoms with Gasteiger partial charge in [0, 0.05) is 24.8 Å². The monoisotopic (exact) mass is 313 g/mol. The summed E-state index contributed by atoms with van der Waals surface area (Å²) in [4.78, 5) is 0. The van der Waals surface area contributed by atoms with E-state index in [1.165, 1.54) is 0 Å². The van der Waals surface area contributed by atoms with Crippen LogP contribution in [0.25, 0.3) is 0 Å². The molecule has 0 saturated carbocycles. The molecule has 1 saturated heterocycles. The molecule has 2 unspecified atom stereocenters. The first-order valence-electron chi connectivity index (χ1n) is 7.53. The average Bonchev–Trinajstić information content (AvgIpc) is 2.99. The lowest BCUT2D eigenvalue weighted by molar-refractivity contribution is 0.0288. The van der Waals surface area contributed by atoms with Crippen molar-refractivity contribution in [2.75, 3.05) is 32.9 Å². The van der Waals surface area contributed by atoms with Crippen LogP contribution in [-0.4, -0.2) is 44.1 Å². The lowest BCUT2D eigenvalue weighted by Gasteiger charge is -2.14. The van der Waals surface area contributed by atoms with E-state index in [4.69, 9.17) is 21.1 Å². The summed E-state index contributed by atoms with van der Waals surface area (Å²) in [5.74, 6) is 0.672. The molecule has 21 heavy (non-hydrogen) atoms. The zero-order chi connectivity index (χ0) is 14.9. The van der Waals surface area contributed by atoms with Gasteiger partial charge in [-0.15, -0.1) is 0 Å². The van der Waals surface area contributed by atoms with E-state index in [1.54, 1.807) is 0 Å². The number of aliphatic hydroxyl groups is 1. The summed E-state index contributed by atoms with van der Waals surface area (Å²) in [6.07, 6.45) is 1.77. The summed E-state index contributed by atoms with van der Waals surface area (Å²) in [5, 5.41) is 13.8. The van der Waals surface area contributed by atoms with Gasteiger partial charge >= 0.3 is 0 Å². The minimum Gasteiger partial charge on any atom is -0.389 e. The molecule has 2 atom stereocenters. The predicted octanol–water partition coefficient (Wildman–Crippen LogP) is 2.23. The second kappa shape index (κ2) is 9.38. The summed E-state index contributed by atoms with van der Waals surface area (Å²) < 4.78 is 10.8. The van der Waals surface area contributed by atoms with Crippen molar-refractivity contribution in [2.24, 2.45) is 5.92 Å². The minimum absolute atomic E-state index is 0.310.